The molecule has 0 radical (unpaired) electrons. The second-order valence-electron chi connectivity index (χ2n) is 6.79. The van der Waals surface area contributed by atoms with Gasteiger partial charge in [-0.1, -0.05) is 30.3 Å². The first kappa shape index (κ1) is 17.1. The Labute approximate surface area is 158 Å². The van der Waals surface area contributed by atoms with E-state index in [0.29, 0.717) is 36.0 Å². The number of fused-ring (bicyclic) bond motifs is 1. The zero-order valence-electron chi connectivity index (χ0n) is 15.5. The van der Waals surface area contributed by atoms with Gasteiger partial charge < -0.3 is 9.80 Å². The first-order valence-electron chi connectivity index (χ1n) is 8.95. The molecule has 0 N–H and O–H groups in total. The summed E-state index contributed by atoms with van der Waals surface area (Å²) < 4.78 is 0. The molecule has 3 heterocycles. The molecule has 6 nitrogen and oxygen atoms in total. The standard InChI is InChI=1S/C21H21N5O/c1-25(2)21-23-13-17(19(24-21)18-9-5-6-11-22-18)20(27)26-12-10-15-7-3-4-8-16(15)14-26/h3-9,11,13H,10,12,14H2,1-2H3. The smallest absolute Gasteiger partial charge is 0.258 e. The summed E-state index contributed by atoms with van der Waals surface area (Å²) in [5.74, 6) is 0.492. The molecule has 1 aliphatic rings. The van der Waals surface area contributed by atoms with Gasteiger partial charge in [-0.2, -0.15) is 0 Å². The molecular weight excluding hydrogens is 338 g/mol. The van der Waals surface area contributed by atoms with E-state index in [1.807, 2.05) is 54.2 Å². The Morgan fingerprint density at radius 1 is 1.04 bits per heavy atom. The highest BCUT2D eigenvalue weighted by atomic mass is 16.2. The highest BCUT2D eigenvalue weighted by Crippen LogP contribution is 2.25. The summed E-state index contributed by atoms with van der Waals surface area (Å²) in [6, 6.07) is 13.9. The van der Waals surface area contributed by atoms with Crippen LogP contribution in [-0.2, 0) is 13.0 Å². The summed E-state index contributed by atoms with van der Waals surface area (Å²) in [5.41, 5.74) is 4.23. The summed E-state index contributed by atoms with van der Waals surface area (Å²) in [6.07, 6.45) is 4.19. The molecule has 0 bridgehead atoms. The average molecular weight is 359 g/mol. The van der Waals surface area contributed by atoms with E-state index < -0.39 is 0 Å². The quantitative estimate of drug-likeness (QED) is 0.720. The molecular formula is C21H21N5O. The zero-order valence-corrected chi connectivity index (χ0v) is 15.5. The van der Waals surface area contributed by atoms with Crippen molar-refractivity contribution in [3.8, 4) is 11.4 Å². The molecule has 2 aromatic heterocycles. The number of rotatable bonds is 3. The normalized spacial score (nSPS) is 13.2. The Balaban J connectivity index is 1.72. The van der Waals surface area contributed by atoms with Crippen molar-refractivity contribution in [2.24, 2.45) is 0 Å². The van der Waals surface area contributed by atoms with Crippen LogP contribution in [-0.4, -0.2) is 46.4 Å². The van der Waals surface area contributed by atoms with Crippen LogP contribution in [0.15, 0.2) is 54.9 Å². The lowest BCUT2D eigenvalue weighted by atomic mass is 9.99. The van der Waals surface area contributed by atoms with E-state index in [-0.39, 0.29) is 5.91 Å². The maximum absolute atomic E-state index is 13.3. The summed E-state index contributed by atoms with van der Waals surface area (Å²) in [6.45, 7) is 1.29. The Morgan fingerprint density at radius 2 is 1.81 bits per heavy atom. The number of hydrogen-bond donors (Lipinski definition) is 0. The molecule has 27 heavy (non-hydrogen) atoms. The lowest BCUT2D eigenvalue weighted by Crippen LogP contribution is -2.36. The van der Waals surface area contributed by atoms with Crippen molar-refractivity contribution in [2.75, 3.05) is 25.5 Å². The summed E-state index contributed by atoms with van der Waals surface area (Å²) in [4.78, 5) is 30.3. The first-order valence-corrected chi connectivity index (χ1v) is 8.95. The number of pyridine rings is 1. The molecule has 136 valence electrons. The van der Waals surface area contributed by atoms with Crippen LogP contribution < -0.4 is 4.90 Å². The summed E-state index contributed by atoms with van der Waals surface area (Å²) >= 11 is 0. The van der Waals surface area contributed by atoms with Crippen LogP contribution >= 0.6 is 0 Å². The fourth-order valence-electron chi connectivity index (χ4n) is 3.28. The Bertz CT molecular complexity index is 971. The Morgan fingerprint density at radius 3 is 2.56 bits per heavy atom. The number of carbonyl (C=O) groups is 1. The minimum Gasteiger partial charge on any atom is -0.347 e. The van der Waals surface area contributed by atoms with Crippen molar-refractivity contribution in [1.29, 1.82) is 0 Å². The number of carbonyl (C=O) groups excluding carboxylic acids is 1. The highest BCUT2D eigenvalue weighted by molar-refractivity contribution is 5.99. The van der Waals surface area contributed by atoms with Crippen molar-refractivity contribution in [2.45, 2.75) is 13.0 Å². The molecule has 4 rings (SSSR count). The largest absolute Gasteiger partial charge is 0.347 e. The summed E-state index contributed by atoms with van der Waals surface area (Å²) in [5, 5.41) is 0. The molecule has 0 spiro atoms. The van der Waals surface area contributed by atoms with E-state index in [2.05, 4.69) is 27.1 Å². The van der Waals surface area contributed by atoms with E-state index in [4.69, 9.17) is 0 Å². The Kier molecular flexibility index (Phi) is 4.54. The van der Waals surface area contributed by atoms with Gasteiger partial charge in [0, 0.05) is 39.6 Å². The van der Waals surface area contributed by atoms with Gasteiger partial charge in [0.15, 0.2) is 0 Å². The van der Waals surface area contributed by atoms with Crippen LogP contribution in [0, 0.1) is 0 Å². The van der Waals surface area contributed by atoms with Gasteiger partial charge >= 0.3 is 0 Å². The molecule has 0 aliphatic carbocycles. The van der Waals surface area contributed by atoms with Crippen molar-refractivity contribution in [3.05, 3.63) is 71.5 Å². The monoisotopic (exact) mass is 359 g/mol. The minimum atomic E-state index is -0.0598. The van der Waals surface area contributed by atoms with Crippen LogP contribution in [0.1, 0.15) is 21.5 Å². The van der Waals surface area contributed by atoms with Gasteiger partial charge in [-0.15, -0.1) is 0 Å². The molecule has 0 saturated heterocycles. The molecule has 1 aromatic carbocycles. The molecule has 1 amide bonds. The molecule has 0 fully saturated rings. The van der Waals surface area contributed by atoms with Gasteiger partial charge in [0.25, 0.3) is 5.91 Å². The van der Waals surface area contributed by atoms with Gasteiger partial charge in [0.1, 0.15) is 5.69 Å². The van der Waals surface area contributed by atoms with E-state index >= 15 is 0 Å². The lowest BCUT2D eigenvalue weighted by Gasteiger charge is -2.29. The molecule has 6 heteroatoms. The third-order valence-corrected chi connectivity index (χ3v) is 4.73. The van der Waals surface area contributed by atoms with E-state index in [9.17, 15) is 4.79 Å². The predicted molar refractivity (Wildman–Crippen MR) is 104 cm³/mol. The number of hydrogen-bond acceptors (Lipinski definition) is 5. The zero-order chi connectivity index (χ0) is 18.8. The summed E-state index contributed by atoms with van der Waals surface area (Å²) in [7, 11) is 3.75. The van der Waals surface area contributed by atoms with Crippen LogP contribution in [0.5, 0.6) is 0 Å². The first-order chi connectivity index (χ1) is 13.1. The maximum atomic E-state index is 13.3. The molecule has 0 saturated carbocycles. The molecule has 0 unspecified atom stereocenters. The molecule has 0 atom stereocenters. The third kappa shape index (κ3) is 3.38. The van der Waals surface area contributed by atoms with Gasteiger partial charge in [-0.3, -0.25) is 9.78 Å². The van der Waals surface area contributed by atoms with Crippen LogP contribution in [0.3, 0.4) is 0 Å². The molecule has 3 aromatic rings. The fourth-order valence-corrected chi connectivity index (χ4v) is 3.28. The van der Waals surface area contributed by atoms with Gasteiger partial charge in [0.2, 0.25) is 5.95 Å². The van der Waals surface area contributed by atoms with Gasteiger partial charge in [-0.05, 0) is 29.7 Å². The van der Waals surface area contributed by atoms with Crippen LogP contribution in [0.25, 0.3) is 11.4 Å². The second-order valence-corrected chi connectivity index (χ2v) is 6.79. The number of aromatic nitrogens is 3. The van der Waals surface area contributed by atoms with E-state index in [1.165, 1.54) is 11.1 Å². The SMILES string of the molecule is CN(C)c1ncc(C(=O)N2CCc3ccccc3C2)c(-c2ccccn2)n1. The predicted octanol–water partition coefficient (Wildman–Crippen LogP) is 2.80. The number of nitrogens with zero attached hydrogens (tertiary/aromatic N) is 5. The topological polar surface area (TPSA) is 62.2 Å². The minimum absolute atomic E-state index is 0.0598. The highest BCUT2D eigenvalue weighted by Gasteiger charge is 2.25. The fraction of sp³-hybridized carbons (Fsp3) is 0.238. The lowest BCUT2D eigenvalue weighted by molar-refractivity contribution is 0.0734. The van der Waals surface area contributed by atoms with E-state index in [1.54, 1.807) is 12.4 Å². The number of anilines is 1. The Hall–Kier alpha value is -3.28. The van der Waals surface area contributed by atoms with E-state index in [0.717, 1.165) is 6.42 Å². The van der Waals surface area contributed by atoms with Crippen molar-refractivity contribution in [3.63, 3.8) is 0 Å². The average Bonchev–Trinajstić information content (AvgIpc) is 2.73. The number of benzene rings is 1. The van der Waals surface area contributed by atoms with Crippen molar-refractivity contribution >= 4 is 11.9 Å². The van der Waals surface area contributed by atoms with Gasteiger partial charge in [0.05, 0.1) is 11.3 Å². The van der Waals surface area contributed by atoms with Crippen LogP contribution in [0.4, 0.5) is 5.95 Å². The maximum Gasteiger partial charge on any atom is 0.258 e. The third-order valence-electron chi connectivity index (χ3n) is 4.73. The van der Waals surface area contributed by atoms with Gasteiger partial charge in [-0.25, -0.2) is 9.97 Å². The molecule has 1 aliphatic heterocycles. The van der Waals surface area contributed by atoms with Crippen LogP contribution in [0.2, 0.25) is 0 Å². The van der Waals surface area contributed by atoms with Crippen molar-refractivity contribution < 1.29 is 4.79 Å². The second kappa shape index (κ2) is 7.15. The number of amides is 1. The van der Waals surface area contributed by atoms with Crippen molar-refractivity contribution in [1.82, 2.24) is 19.9 Å².